The number of carbonyl (C=O) groups is 1. The standard InChI is InChI=1S/C24H32N2O3/c1-19(2)21-8-10-22(11-9-21)24(28)26-14-12-25(13-15-26)16-23(27)18-29-17-20-6-4-3-5-7-20/h3-11,19,23,27H,12-18H2,1-2H3/t23-/m0/s1. The van der Waals surface area contributed by atoms with Gasteiger partial charge in [-0.2, -0.15) is 0 Å². The Morgan fingerprint density at radius 3 is 2.28 bits per heavy atom. The highest BCUT2D eigenvalue weighted by atomic mass is 16.5. The van der Waals surface area contributed by atoms with Crippen LogP contribution in [0.2, 0.25) is 0 Å². The van der Waals surface area contributed by atoms with Crippen molar-refractivity contribution >= 4 is 5.91 Å². The Balaban J connectivity index is 1.38. The molecule has 156 valence electrons. The molecule has 5 heteroatoms. The third-order valence-electron chi connectivity index (χ3n) is 5.37. The Morgan fingerprint density at radius 1 is 1.00 bits per heavy atom. The number of amides is 1. The normalized spacial score (nSPS) is 16.2. The van der Waals surface area contributed by atoms with Crippen molar-refractivity contribution in [3.8, 4) is 0 Å². The number of ether oxygens (including phenoxy) is 1. The monoisotopic (exact) mass is 396 g/mol. The molecule has 0 aliphatic carbocycles. The molecule has 1 atom stereocenters. The third kappa shape index (κ3) is 6.39. The molecule has 1 saturated heterocycles. The average molecular weight is 397 g/mol. The molecular formula is C24H32N2O3. The van der Waals surface area contributed by atoms with E-state index in [1.54, 1.807) is 0 Å². The maximum Gasteiger partial charge on any atom is 0.253 e. The molecule has 0 radical (unpaired) electrons. The number of piperazine rings is 1. The van der Waals surface area contributed by atoms with Gasteiger partial charge in [0.05, 0.1) is 19.3 Å². The van der Waals surface area contributed by atoms with E-state index >= 15 is 0 Å². The van der Waals surface area contributed by atoms with Gasteiger partial charge in [0.1, 0.15) is 0 Å². The van der Waals surface area contributed by atoms with Crippen molar-refractivity contribution in [3.05, 3.63) is 71.3 Å². The molecule has 1 aliphatic rings. The second-order valence-electron chi connectivity index (χ2n) is 8.02. The lowest BCUT2D eigenvalue weighted by Gasteiger charge is -2.35. The Morgan fingerprint density at radius 2 is 1.66 bits per heavy atom. The highest BCUT2D eigenvalue weighted by Gasteiger charge is 2.23. The molecule has 3 rings (SSSR count). The topological polar surface area (TPSA) is 53.0 Å². The minimum atomic E-state index is -0.524. The Bertz CT molecular complexity index is 753. The number of aliphatic hydroxyl groups excluding tert-OH is 1. The predicted octanol–water partition coefficient (Wildman–Crippen LogP) is 3.15. The van der Waals surface area contributed by atoms with Gasteiger partial charge in [0.15, 0.2) is 0 Å². The van der Waals surface area contributed by atoms with E-state index < -0.39 is 6.10 Å². The van der Waals surface area contributed by atoms with Gasteiger partial charge in [-0.3, -0.25) is 9.69 Å². The van der Waals surface area contributed by atoms with Crippen molar-refractivity contribution in [2.24, 2.45) is 0 Å². The number of β-amino-alcohol motifs (C(OH)–C–C–N with tert-alkyl or cyclic N) is 1. The van der Waals surface area contributed by atoms with Crippen molar-refractivity contribution in [3.63, 3.8) is 0 Å². The summed E-state index contributed by atoms with van der Waals surface area (Å²) in [5.74, 6) is 0.553. The Labute approximate surface area is 173 Å². The molecule has 5 nitrogen and oxygen atoms in total. The number of aliphatic hydroxyl groups is 1. The van der Waals surface area contributed by atoms with E-state index in [-0.39, 0.29) is 5.91 Å². The van der Waals surface area contributed by atoms with E-state index in [0.29, 0.717) is 38.8 Å². The van der Waals surface area contributed by atoms with E-state index in [1.807, 2.05) is 59.5 Å². The minimum Gasteiger partial charge on any atom is -0.389 e. The molecule has 1 fully saturated rings. The summed E-state index contributed by atoms with van der Waals surface area (Å²) in [7, 11) is 0. The third-order valence-corrected chi connectivity index (χ3v) is 5.37. The molecule has 29 heavy (non-hydrogen) atoms. The number of carbonyl (C=O) groups excluding carboxylic acids is 1. The zero-order valence-electron chi connectivity index (χ0n) is 17.5. The lowest BCUT2D eigenvalue weighted by atomic mass is 10.0. The van der Waals surface area contributed by atoms with Crippen molar-refractivity contribution in [1.29, 1.82) is 0 Å². The SMILES string of the molecule is CC(C)c1ccc(C(=O)N2CCN(C[C@H](O)COCc3ccccc3)CC2)cc1. The minimum absolute atomic E-state index is 0.0895. The van der Waals surface area contributed by atoms with E-state index in [2.05, 4.69) is 18.7 Å². The molecule has 1 amide bonds. The molecule has 0 saturated carbocycles. The maximum absolute atomic E-state index is 12.7. The predicted molar refractivity (Wildman–Crippen MR) is 115 cm³/mol. The molecule has 1 heterocycles. The van der Waals surface area contributed by atoms with Crippen LogP contribution < -0.4 is 0 Å². The van der Waals surface area contributed by atoms with Crippen LogP contribution in [0.5, 0.6) is 0 Å². The summed E-state index contributed by atoms with van der Waals surface area (Å²) in [6, 6.07) is 17.9. The van der Waals surface area contributed by atoms with E-state index in [9.17, 15) is 9.90 Å². The van der Waals surface area contributed by atoms with Gasteiger partial charge in [-0.15, -0.1) is 0 Å². The van der Waals surface area contributed by atoms with Crippen molar-refractivity contribution in [2.75, 3.05) is 39.3 Å². The van der Waals surface area contributed by atoms with Crippen LogP contribution in [0, 0.1) is 0 Å². The van der Waals surface area contributed by atoms with Gasteiger partial charge in [-0.05, 0) is 29.2 Å². The highest BCUT2D eigenvalue weighted by molar-refractivity contribution is 5.94. The molecule has 0 aromatic heterocycles. The number of hydrogen-bond acceptors (Lipinski definition) is 4. The lowest BCUT2D eigenvalue weighted by molar-refractivity contribution is 0.00206. The van der Waals surface area contributed by atoms with Crippen LogP contribution in [-0.2, 0) is 11.3 Å². The smallest absolute Gasteiger partial charge is 0.253 e. The van der Waals surface area contributed by atoms with Crippen molar-refractivity contribution < 1.29 is 14.6 Å². The first kappa shape index (κ1) is 21.5. The van der Waals surface area contributed by atoms with Crippen LogP contribution in [0.4, 0.5) is 0 Å². The number of rotatable bonds is 8. The lowest BCUT2D eigenvalue weighted by Crippen LogP contribution is -2.50. The molecule has 1 N–H and O–H groups in total. The summed E-state index contributed by atoms with van der Waals surface area (Å²) >= 11 is 0. The molecule has 2 aromatic carbocycles. The fraction of sp³-hybridized carbons (Fsp3) is 0.458. The second-order valence-corrected chi connectivity index (χ2v) is 8.02. The fourth-order valence-corrected chi connectivity index (χ4v) is 3.56. The zero-order chi connectivity index (χ0) is 20.6. The summed E-state index contributed by atoms with van der Waals surface area (Å²) < 4.78 is 5.63. The van der Waals surface area contributed by atoms with Crippen molar-refractivity contribution in [2.45, 2.75) is 32.5 Å². The van der Waals surface area contributed by atoms with Crippen molar-refractivity contribution in [1.82, 2.24) is 9.80 Å². The summed E-state index contributed by atoms with van der Waals surface area (Å²) in [6.45, 7) is 8.60. The Hall–Kier alpha value is -2.21. The molecular weight excluding hydrogens is 364 g/mol. The highest BCUT2D eigenvalue weighted by Crippen LogP contribution is 2.16. The van der Waals surface area contributed by atoms with Crippen LogP contribution in [0.15, 0.2) is 54.6 Å². The van der Waals surface area contributed by atoms with Gasteiger partial charge in [-0.25, -0.2) is 0 Å². The first-order valence-electron chi connectivity index (χ1n) is 10.4. The Kier molecular flexibility index (Phi) is 7.81. The summed E-state index contributed by atoms with van der Waals surface area (Å²) in [5.41, 5.74) is 3.10. The van der Waals surface area contributed by atoms with Gasteiger partial charge in [0.2, 0.25) is 0 Å². The number of benzene rings is 2. The van der Waals surface area contributed by atoms with E-state index in [0.717, 1.165) is 24.2 Å². The van der Waals surface area contributed by atoms with E-state index in [1.165, 1.54) is 5.56 Å². The summed E-state index contributed by atoms with van der Waals surface area (Å²) in [4.78, 5) is 16.8. The molecule has 0 spiro atoms. The van der Waals surface area contributed by atoms with E-state index in [4.69, 9.17) is 4.74 Å². The van der Waals surface area contributed by atoms with Crippen LogP contribution in [0.1, 0.15) is 41.3 Å². The first-order chi connectivity index (χ1) is 14.0. The molecule has 2 aromatic rings. The number of nitrogens with zero attached hydrogens (tertiary/aromatic N) is 2. The molecule has 0 unspecified atom stereocenters. The largest absolute Gasteiger partial charge is 0.389 e. The van der Waals surface area contributed by atoms with Crippen LogP contribution in [-0.4, -0.2) is 66.2 Å². The quantitative estimate of drug-likeness (QED) is 0.745. The van der Waals surface area contributed by atoms with Crippen LogP contribution in [0.25, 0.3) is 0 Å². The fourth-order valence-electron chi connectivity index (χ4n) is 3.56. The van der Waals surface area contributed by atoms with Gasteiger partial charge >= 0.3 is 0 Å². The maximum atomic E-state index is 12.7. The van der Waals surface area contributed by atoms with Gasteiger partial charge in [0.25, 0.3) is 5.91 Å². The first-order valence-corrected chi connectivity index (χ1v) is 10.4. The van der Waals surface area contributed by atoms with Gasteiger partial charge in [0, 0.05) is 38.3 Å². The molecule has 0 bridgehead atoms. The van der Waals surface area contributed by atoms with Crippen LogP contribution in [0.3, 0.4) is 0 Å². The molecule has 1 aliphatic heterocycles. The number of hydrogen-bond donors (Lipinski definition) is 1. The second kappa shape index (κ2) is 10.5. The van der Waals surface area contributed by atoms with Gasteiger partial charge in [-0.1, -0.05) is 56.3 Å². The summed E-state index contributed by atoms with van der Waals surface area (Å²) in [6.07, 6.45) is -0.524. The van der Waals surface area contributed by atoms with Gasteiger partial charge < -0.3 is 14.7 Å². The average Bonchev–Trinajstić information content (AvgIpc) is 2.74. The zero-order valence-corrected chi connectivity index (χ0v) is 17.5. The summed E-state index contributed by atoms with van der Waals surface area (Å²) in [5, 5.41) is 10.3. The van der Waals surface area contributed by atoms with Crippen LogP contribution >= 0.6 is 0 Å².